The predicted molar refractivity (Wildman–Crippen MR) is 140 cm³/mol. The molecule has 5 rings (SSSR count). The van der Waals surface area contributed by atoms with Gasteiger partial charge in [0.1, 0.15) is 11.6 Å². The zero-order valence-electron chi connectivity index (χ0n) is 20.9. The summed E-state index contributed by atoms with van der Waals surface area (Å²) in [6.45, 7) is 4.21. The third kappa shape index (κ3) is 5.12. The van der Waals surface area contributed by atoms with Gasteiger partial charge in [-0.15, -0.1) is 0 Å². The molecule has 3 aromatic carbocycles. The van der Waals surface area contributed by atoms with E-state index in [0.29, 0.717) is 29.7 Å². The highest BCUT2D eigenvalue weighted by Crippen LogP contribution is 2.48. The number of allylic oxidation sites excluding steroid dienone is 1. The number of carbonyl (C=O) groups excluding carboxylic acids is 2. The van der Waals surface area contributed by atoms with E-state index in [1.165, 1.54) is 18.2 Å². The Morgan fingerprint density at radius 2 is 1.70 bits per heavy atom. The van der Waals surface area contributed by atoms with Crippen molar-refractivity contribution >= 4 is 23.1 Å². The molecule has 190 valence electrons. The van der Waals surface area contributed by atoms with Gasteiger partial charge in [0.2, 0.25) is 5.91 Å². The number of amides is 1. The summed E-state index contributed by atoms with van der Waals surface area (Å²) in [5.41, 5.74) is 3.56. The average Bonchev–Trinajstić information content (AvgIpc) is 2.98. The smallest absolute Gasteiger partial charge is 0.239 e. The van der Waals surface area contributed by atoms with Gasteiger partial charge in [-0.2, -0.15) is 0 Å². The standard InChI is InChI=1S/C30H29F2N3O2/c1-30(2)15-24-28(26(36)16-30)29(21-7-3-4-8-22(21)32)35(25-10-6-5-9-23(25)34-24)18-27(37)33-17-19-11-13-20(31)14-12-19/h3-14,29,34H,15-18H2,1-2H3,(H,33,37). The topological polar surface area (TPSA) is 61.4 Å². The van der Waals surface area contributed by atoms with Crippen molar-refractivity contribution in [1.82, 2.24) is 5.32 Å². The molecule has 0 fully saturated rings. The van der Waals surface area contributed by atoms with Crippen LogP contribution in [0.15, 0.2) is 84.1 Å². The lowest BCUT2D eigenvalue weighted by molar-refractivity contribution is -0.121. The van der Waals surface area contributed by atoms with E-state index in [2.05, 4.69) is 10.6 Å². The van der Waals surface area contributed by atoms with Crippen LogP contribution in [0.3, 0.4) is 0 Å². The summed E-state index contributed by atoms with van der Waals surface area (Å²) in [4.78, 5) is 28.7. The van der Waals surface area contributed by atoms with E-state index < -0.39 is 11.9 Å². The molecule has 2 aliphatic rings. The Morgan fingerprint density at radius 1 is 1.00 bits per heavy atom. The number of nitrogens with zero attached hydrogens (tertiary/aromatic N) is 1. The molecule has 1 heterocycles. The van der Waals surface area contributed by atoms with Crippen LogP contribution in [0.4, 0.5) is 20.2 Å². The molecule has 1 aliphatic heterocycles. The summed E-state index contributed by atoms with van der Waals surface area (Å²) >= 11 is 0. The van der Waals surface area contributed by atoms with Crippen molar-refractivity contribution in [2.24, 2.45) is 5.41 Å². The van der Waals surface area contributed by atoms with Gasteiger partial charge < -0.3 is 15.5 Å². The Kier molecular flexibility index (Phi) is 6.54. The fourth-order valence-corrected chi connectivity index (χ4v) is 5.26. The van der Waals surface area contributed by atoms with Gasteiger partial charge in [-0.25, -0.2) is 8.78 Å². The second-order valence-corrected chi connectivity index (χ2v) is 10.4. The first-order chi connectivity index (χ1) is 17.7. The molecule has 5 nitrogen and oxygen atoms in total. The summed E-state index contributed by atoms with van der Waals surface area (Å²) in [5.74, 6) is -1.14. The van der Waals surface area contributed by atoms with Crippen LogP contribution in [0.5, 0.6) is 0 Å². The Balaban J connectivity index is 1.57. The number of para-hydroxylation sites is 2. The summed E-state index contributed by atoms with van der Waals surface area (Å²) in [6, 6.07) is 19.1. The highest BCUT2D eigenvalue weighted by Gasteiger charge is 2.42. The van der Waals surface area contributed by atoms with Crippen molar-refractivity contribution in [3.8, 4) is 0 Å². The predicted octanol–water partition coefficient (Wildman–Crippen LogP) is 5.90. The summed E-state index contributed by atoms with van der Waals surface area (Å²) in [5, 5.41) is 6.34. The first-order valence-corrected chi connectivity index (χ1v) is 12.4. The first kappa shape index (κ1) is 24.7. The van der Waals surface area contributed by atoms with Gasteiger partial charge in [-0.1, -0.05) is 56.3 Å². The molecule has 3 aromatic rings. The maximum Gasteiger partial charge on any atom is 0.239 e. The van der Waals surface area contributed by atoms with Gasteiger partial charge in [-0.05, 0) is 47.7 Å². The normalized spacial score (nSPS) is 18.4. The number of anilines is 2. The molecule has 0 bridgehead atoms. The lowest BCUT2D eigenvalue weighted by Gasteiger charge is -2.38. The van der Waals surface area contributed by atoms with Gasteiger partial charge >= 0.3 is 0 Å². The van der Waals surface area contributed by atoms with Crippen molar-refractivity contribution < 1.29 is 18.4 Å². The molecule has 1 aliphatic carbocycles. The van der Waals surface area contributed by atoms with Crippen molar-refractivity contribution in [3.63, 3.8) is 0 Å². The van der Waals surface area contributed by atoms with Gasteiger partial charge in [-0.3, -0.25) is 9.59 Å². The van der Waals surface area contributed by atoms with Gasteiger partial charge in [0.05, 0.1) is 24.0 Å². The Bertz CT molecular complexity index is 1380. The Morgan fingerprint density at radius 3 is 2.46 bits per heavy atom. The summed E-state index contributed by atoms with van der Waals surface area (Å²) < 4.78 is 28.6. The number of Topliss-reactive ketones (excluding diaryl/α,β-unsaturated/α-hetero) is 1. The number of benzene rings is 3. The number of ketones is 1. The van der Waals surface area contributed by atoms with Crippen LogP contribution < -0.4 is 15.5 Å². The second kappa shape index (κ2) is 9.81. The van der Waals surface area contributed by atoms with Crippen molar-refractivity contribution in [3.05, 3.63) is 107 Å². The Labute approximate surface area is 215 Å². The second-order valence-electron chi connectivity index (χ2n) is 10.4. The maximum atomic E-state index is 15.3. The molecule has 0 saturated carbocycles. The van der Waals surface area contributed by atoms with Gasteiger partial charge in [0.25, 0.3) is 0 Å². The van der Waals surface area contributed by atoms with Crippen LogP contribution in [0, 0.1) is 17.0 Å². The number of hydrogen-bond donors (Lipinski definition) is 2. The van der Waals surface area contributed by atoms with E-state index in [4.69, 9.17) is 0 Å². The van der Waals surface area contributed by atoms with Crippen LogP contribution in [0.2, 0.25) is 0 Å². The third-order valence-electron chi connectivity index (χ3n) is 6.92. The number of carbonyl (C=O) groups is 2. The quantitative estimate of drug-likeness (QED) is 0.457. The van der Waals surface area contributed by atoms with Crippen molar-refractivity contribution in [1.29, 1.82) is 0 Å². The molecule has 2 N–H and O–H groups in total. The highest BCUT2D eigenvalue weighted by atomic mass is 19.1. The van der Waals surface area contributed by atoms with E-state index in [0.717, 1.165) is 16.9 Å². The summed E-state index contributed by atoms with van der Waals surface area (Å²) in [7, 11) is 0. The molecule has 7 heteroatoms. The highest BCUT2D eigenvalue weighted by molar-refractivity contribution is 6.01. The van der Waals surface area contributed by atoms with Crippen molar-refractivity contribution in [2.45, 2.75) is 39.3 Å². The fraction of sp³-hybridized carbons (Fsp3) is 0.267. The lowest BCUT2D eigenvalue weighted by atomic mass is 9.73. The zero-order chi connectivity index (χ0) is 26.2. The lowest BCUT2D eigenvalue weighted by Crippen LogP contribution is -2.42. The molecular formula is C30H29F2N3O2. The third-order valence-corrected chi connectivity index (χ3v) is 6.92. The van der Waals surface area contributed by atoms with Crippen LogP contribution >= 0.6 is 0 Å². The van der Waals surface area contributed by atoms with E-state index in [1.807, 2.05) is 38.1 Å². The molecular weight excluding hydrogens is 472 g/mol. The molecule has 0 aromatic heterocycles. The minimum atomic E-state index is -0.785. The molecule has 1 atom stereocenters. The average molecular weight is 502 g/mol. The minimum absolute atomic E-state index is 0.0588. The first-order valence-electron chi connectivity index (χ1n) is 12.4. The zero-order valence-corrected chi connectivity index (χ0v) is 20.9. The van der Waals surface area contributed by atoms with E-state index in [-0.39, 0.29) is 36.0 Å². The maximum absolute atomic E-state index is 15.3. The van der Waals surface area contributed by atoms with E-state index >= 15 is 4.39 Å². The van der Waals surface area contributed by atoms with E-state index in [9.17, 15) is 14.0 Å². The number of fused-ring (bicyclic) bond motifs is 1. The van der Waals surface area contributed by atoms with Crippen LogP contribution in [0.25, 0.3) is 0 Å². The Hall–Kier alpha value is -4.00. The van der Waals surface area contributed by atoms with Crippen LogP contribution in [-0.2, 0) is 16.1 Å². The fourth-order valence-electron chi connectivity index (χ4n) is 5.26. The monoisotopic (exact) mass is 501 g/mol. The molecule has 1 unspecified atom stereocenters. The van der Waals surface area contributed by atoms with Crippen LogP contribution in [-0.4, -0.2) is 18.2 Å². The van der Waals surface area contributed by atoms with Crippen molar-refractivity contribution in [2.75, 3.05) is 16.8 Å². The SMILES string of the molecule is CC1(C)CC(=O)C2=C(C1)Nc1ccccc1N(CC(=O)NCc1ccc(F)cc1)C2c1ccccc1F. The molecule has 1 amide bonds. The summed E-state index contributed by atoms with van der Waals surface area (Å²) in [6.07, 6.45) is 0.956. The van der Waals surface area contributed by atoms with Gasteiger partial charge in [0.15, 0.2) is 5.78 Å². The number of hydrogen-bond acceptors (Lipinski definition) is 4. The van der Waals surface area contributed by atoms with Gasteiger partial charge in [0, 0.05) is 29.8 Å². The van der Waals surface area contributed by atoms with E-state index in [1.54, 1.807) is 35.2 Å². The molecule has 0 spiro atoms. The number of nitrogens with one attached hydrogen (secondary N) is 2. The van der Waals surface area contributed by atoms with Crippen LogP contribution in [0.1, 0.15) is 43.9 Å². The molecule has 0 radical (unpaired) electrons. The number of rotatable bonds is 5. The molecule has 37 heavy (non-hydrogen) atoms. The minimum Gasteiger partial charge on any atom is -0.357 e. The molecule has 0 saturated heterocycles. The number of halogens is 2. The largest absolute Gasteiger partial charge is 0.357 e.